The molecule has 0 atom stereocenters. The van der Waals surface area contributed by atoms with Crippen molar-refractivity contribution in [1.82, 2.24) is 24.1 Å². The summed E-state index contributed by atoms with van der Waals surface area (Å²) in [5, 5.41) is 25.0. The van der Waals surface area contributed by atoms with E-state index in [2.05, 4.69) is 124 Å². The van der Waals surface area contributed by atoms with Crippen LogP contribution in [0.3, 0.4) is 0 Å². The van der Waals surface area contributed by atoms with Crippen molar-refractivity contribution in [1.29, 1.82) is 10.5 Å². The van der Waals surface area contributed by atoms with Gasteiger partial charge in [-0.2, -0.15) is 10.5 Å². The summed E-state index contributed by atoms with van der Waals surface area (Å²) in [5.74, 6) is 1.36. The highest BCUT2D eigenvalue weighted by Gasteiger charge is 2.23. The van der Waals surface area contributed by atoms with Crippen LogP contribution in [0.4, 0.5) is 0 Å². The molecule has 0 aliphatic heterocycles. The highest BCUT2D eigenvalue weighted by atomic mass is 15.1. The van der Waals surface area contributed by atoms with Crippen LogP contribution < -0.4 is 0 Å². The van der Waals surface area contributed by atoms with Gasteiger partial charge < -0.3 is 9.13 Å². The fourth-order valence-corrected chi connectivity index (χ4v) is 8.59. The van der Waals surface area contributed by atoms with Crippen LogP contribution in [-0.4, -0.2) is 24.1 Å². The lowest BCUT2D eigenvalue weighted by Gasteiger charge is -2.18. The third kappa shape index (κ3) is 5.54. The Morgan fingerprint density at radius 2 is 0.800 bits per heavy atom. The highest BCUT2D eigenvalue weighted by molar-refractivity contribution is 6.11. The van der Waals surface area contributed by atoms with Crippen molar-refractivity contribution < 1.29 is 0 Å². The summed E-state index contributed by atoms with van der Waals surface area (Å²) in [6.07, 6.45) is 0. The van der Waals surface area contributed by atoms with Crippen molar-refractivity contribution in [2.24, 2.45) is 0 Å². The van der Waals surface area contributed by atoms with Gasteiger partial charge in [-0.05, 0) is 71.8 Å². The third-order valence-corrected chi connectivity index (χ3v) is 11.3. The van der Waals surface area contributed by atoms with Gasteiger partial charge in [0, 0.05) is 38.2 Å². The Hall–Kier alpha value is -8.65. The molecule has 8 aromatic carbocycles. The van der Waals surface area contributed by atoms with Crippen molar-refractivity contribution in [2.45, 2.75) is 0 Å². The maximum Gasteiger partial charge on any atom is 0.166 e. The molecule has 0 spiro atoms. The summed E-state index contributed by atoms with van der Waals surface area (Å²) in [6, 6.07) is 67.8. The van der Waals surface area contributed by atoms with Crippen molar-refractivity contribution in [2.75, 3.05) is 0 Å². The van der Waals surface area contributed by atoms with Crippen LogP contribution in [0.25, 0.3) is 100 Å². The Kier molecular flexibility index (Phi) is 8.11. The number of aromatic nitrogens is 5. The van der Waals surface area contributed by atoms with E-state index in [0.717, 1.165) is 77.2 Å². The van der Waals surface area contributed by atoms with E-state index in [1.54, 1.807) is 0 Å². The first-order valence-corrected chi connectivity index (χ1v) is 19.7. The standard InChI is InChI=1S/C53H31N7/c54-32-34-26-28-49(59-45-22-10-6-18-39(45)40-19-7-11-23-46(40)59)43(30-34)52-56-51(35-14-2-1-3-15-35)57-53(58-52)44-31-36(38-17-5-4-16-37(38)33-55)27-29-50(44)60-47-24-12-8-20-41(47)42-21-9-13-25-48(42)60/h1-31H. The summed E-state index contributed by atoms with van der Waals surface area (Å²) in [7, 11) is 0. The van der Waals surface area contributed by atoms with Crippen LogP contribution in [0.2, 0.25) is 0 Å². The monoisotopic (exact) mass is 765 g/mol. The van der Waals surface area contributed by atoms with E-state index in [0.29, 0.717) is 34.2 Å². The quantitative estimate of drug-likeness (QED) is 0.168. The Morgan fingerprint density at radius 1 is 0.350 bits per heavy atom. The fraction of sp³-hybridized carbons (Fsp3) is 0. The number of benzene rings is 8. The molecule has 0 unspecified atom stereocenters. The number of para-hydroxylation sites is 4. The Bertz CT molecular complexity index is 3480. The lowest BCUT2D eigenvalue weighted by molar-refractivity contribution is 1.06. The Labute approximate surface area is 345 Å². The van der Waals surface area contributed by atoms with Gasteiger partial charge in [-0.3, -0.25) is 0 Å². The van der Waals surface area contributed by atoms with Gasteiger partial charge in [-0.1, -0.05) is 127 Å². The lowest BCUT2D eigenvalue weighted by Crippen LogP contribution is -2.06. The van der Waals surface area contributed by atoms with E-state index in [9.17, 15) is 10.5 Å². The molecule has 3 aromatic heterocycles. The van der Waals surface area contributed by atoms with E-state index in [1.165, 1.54) is 0 Å². The second-order valence-electron chi connectivity index (χ2n) is 14.6. The van der Waals surface area contributed by atoms with Crippen molar-refractivity contribution in [3.8, 4) is 68.8 Å². The summed E-state index contributed by atoms with van der Waals surface area (Å²) in [5.41, 5.74) is 10.8. The Balaban J connectivity index is 1.25. The first-order valence-electron chi connectivity index (χ1n) is 19.7. The highest BCUT2D eigenvalue weighted by Crippen LogP contribution is 2.40. The first kappa shape index (κ1) is 34.6. The van der Waals surface area contributed by atoms with E-state index in [-0.39, 0.29) is 0 Å². The summed E-state index contributed by atoms with van der Waals surface area (Å²) < 4.78 is 4.50. The molecule has 0 bridgehead atoms. The molecule has 0 saturated carbocycles. The number of fused-ring (bicyclic) bond motifs is 6. The van der Waals surface area contributed by atoms with E-state index in [4.69, 9.17) is 15.0 Å². The molecule has 7 heteroatoms. The topological polar surface area (TPSA) is 96.1 Å². The Morgan fingerprint density at radius 3 is 1.33 bits per heavy atom. The molecule has 0 aliphatic carbocycles. The van der Waals surface area contributed by atoms with Crippen LogP contribution in [-0.2, 0) is 0 Å². The molecule has 0 saturated heterocycles. The number of hydrogen-bond acceptors (Lipinski definition) is 5. The maximum absolute atomic E-state index is 10.3. The molecule has 60 heavy (non-hydrogen) atoms. The second-order valence-corrected chi connectivity index (χ2v) is 14.6. The number of nitriles is 2. The number of rotatable bonds is 6. The fourth-order valence-electron chi connectivity index (χ4n) is 8.59. The third-order valence-electron chi connectivity index (χ3n) is 11.3. The van der Waals surface area contributed by atoms with Gasteiger partial charge in [0.1, 0.15) is 0 Å². The SMILES string of the molecule is N#Cc1ccc(-n2c3ccccc3c3ccccc32)c(-c2nc(-c3ccccc3)nc(-c3cc(-c4ccccc4C#N)ccc3-n3c4ccccc4c4ccccc43)n2)c1. The van der Waals surface area contributed by atoms with E-state index >= 15 is 0 Å². The molecule has 11 rings (SSSR count). The molecule has 0 N–H and O–H groups in total. The minimum Gasteiger partial charge on any atom is -0.309 e. The van der Waals surface area contributed by atoms with Crippen LogP contribution >= 0.6 is 0 Å². The van der Waals surface area contributed by atoms with E-state index in [1.807, 2.05) is 84.9 Å². The molecular formula is C53H31N7. The molecular weight excluding hydrogens is 735 g/mol. The largest absolute Gasteiger partial charge is 0.309 e. The smallest absolute Gasteiger partial charge is 0.166 e. The normalized spacial score (nSPS) is 11.3. The molecule has 7 nitrogen and oxygen atoms in total. The number of nitrogens with zero attached hydrogens (tertiary/aromatic N) is 7. The predicted octanol–water partition coefficient (Wildman–Crippen LogP) is 12.5. The molecule has 0 aliphatic rings. The molecule has 278 valence electrons. The minimum absolute atomic E-state index is 0.420. The lowest BCUT2D eigenvalue weighted by atomic mass is 9.97. The maximum atomic E-state index is 10.3. The average molecular weight is 766 g/mol. The summed E-state index contributed by atoms with van der Waals surface area (Å²) in [6.45, 7) is 0. The summed E-state index contributed by atoms with van der Waals surface area (Å²) >= 11 is 0. The zero-order valence-corrected chi connectivity index (χ0v) is 32.0. The minimum atomic E-state index is 0.420. The van der Waals surface area contributed by atoms with E-state index < -0.39 is 0 Å². The predicted molar refractivity (Wildman–Crippen MR) is 240 cm³/mol. The van der Waals surface area contributed by atoms with Crippen LogP contribution in [0.5, 0.6) is 0 Å². The van der Waals surface area contributed by atoms with Crippen molar-refractivity contribution >= 4 is 43.6 Å². The number of hydrogen-bond donors (Lipinski definition) is 0. The van der Waals surface area contributed by atoms with Crippen LogP contribution in [0.1, 0.15) is 11.1 Å². The first-order chi connectivity index (χ1) is 29.7. The molecule has 11 aromatic rings. The second kappa shape index (κ2) is 14.1. The van der Waals surface area contributed by atoms with Gasteiger partial charge in [0.2, 0.25) is 0 Å². The van der Waals surface area contributed by atoms with Gasteiger partial charge in [0.05, 0.1) is 56.7 Å². The summed E-state index contributed by atoms with van der Waals surface area (Å²) in [4.78, 5) is 15.9. The molecule has 0 amide bonds. The zero-order valence-electron chi connectivity index (χ0n) is 32.0. The molecule has 0 fully saturated rings. The van der Waals surface area contributed by atoms with Gasteiger partial charge in [-0.15, -0.1) is 0 Å². The van der Waals surface area contributed by atoms with Crippen molar-refractivity contribution in [3.63, 3.8) is 0 Å². The van der Waals surface area contributed by atoms with Gasteiger partial charge in [0.15, 0.2) is 17.5 Å². The van der Waals surface area contributed by atoms with Gasteiger partial charge in [-0.25, -0.2) is 15.0 Å². The van der Waals surface area contributed by atoms with Gasteiger partial charge in [0.25, 0.3) is 0 Å². The van der Waals surface area contributed by atoms with Crippen LogP contribution in [0, 0.1) is 22.7 Å². The average Bonchev–Trinajstić information content (AvgIpc) is 3.84. The molecule has 0 radical (unpaired) electrons. The van der Waals surface area contributed by atoms with Crippen LogP contribution in [0.15, 0.2) is 188 Å². The zero-order chi connectivity index (χ0) is 40.2. The van der Waals surface area contributed by atoms with Gasteiger partial charge >= 0.3 is 0 Å². The molecule has 3 heterocycles. The van der Waals surface area contributed by atoms with Crippen molar-refractivity contribution in [3.05, 3.63) is 199 Å².